The van der Waals surface area contributed by atoms with Crippen LogP contribution in [-0.4, -0.2) is 24.5 Å². The number of benzene rings is 3. The van der Waals surface area contributed by atoms with Gasteiger partial charge >= 0.3 is 0 Å². The molecule has 1 aliphatic rings. The third kappa shape index (κ3) is 4.43. The Hall–Kier alpha value is -3.22. The third-order valence-corrected chi connectivity index (χ3v) is 6.18. The molecule has 0 unspecified atom stereocenters. The van der Waals surface area contributed by atoms with Crippen LogP contribution >= 0.6 is 0 Å². The molecule has 0 atom stereocenters. The van der Waals surface area contributed by atoms with Crippen molar-refractivity contribution in [2.24, 2.45) is 0 Å². The van der Waals surface area contributed by atoms with Gasteiger partial charge in [0.25, 0.3) is 0 Å². The first-order chi connectivity index (χ1) is 15.8. The molecule has 0 spiro atoms. The molecule has 4 rings (SSSR count). The summed E-state index contributed by atoms with van der Waals surface area (Å²) < 4.78 is 53.0. The van der Waals surface area contributed by atoms with Crippen LogP contribution in [0.15, 0.2) is 36.4 Å². The molecule has 1 aliphatic heterocycles. The number of fused-ring (bicyclic) bond motifs is 2. The standard InChI is InChI=1S/C27H27F4N3/c1-13-5-16-11-19-24(26(33)34-25(19)32)23(18(16)12-20(13)27(2,3)4)17-7-14(9-21(28)29)6-15(8-17)10-22(30)31/h5-8,11-12,21-22H,9-10H2,1-4H3,(H3,32,33,34). The Morgan fingerprint density at radius 3 is 1.91 bits per heavy atom. The van der Waals surface area contributed by atoms with Crippen molar-refractivity contribution in [3.63, 3.8) is 0 Å². The van der Waals surface area contributed by atoms with Crippen LogP contribution in [0.1, 0.15) is 54.2 Å². The second kappa shape index (κ2) is 8.53. The maximum absolute atomic E-state index is 13.2. The average molecular weight is 470 g/mol. The number of halogens is 4. The summed E-state index contributed by atoms with van der Waals surface area (Å²) in [5, 5.41) is 21.2. The molecular weight excluding hydrogens is 442 g/mol. The number of amidine groups is 2. The maximum atomic E-state index is 13.2. The van der Waals surface area contributed by atoms with Gasteiger partial charge in [-0.05, 0) is 63.1 Å². The van der Waals surface area contributed by atoms with E-state index in [-0.39, 0.29) is 28.2 Å². The molecule has 0 fully saturated rings. The zero-order valence-electron chi connectivity index (χ0n) is 19.5. The van der Waals surface area contributed by atoms with Gasteiger partial charge in [-0.3, -0.25) is 10.8 Å². The molecule has 3 nitrogen and oxygen atoms in total. The van der Waals surface area contributed by atoms with Crippen molar-refractivity contribution in [3.8, 4) is 11.1 Å². The Morgan fingerprint density at radius 1 is 0.794 bits per heavy atom. The van der Waals surface area contributed by atoms with Crippen LogP contribution < -0.4 is 5.32 Å². The topological polar surface area (TPSA) is 59.7 Å². The Balaban J connectivity index is 2.11. The van der Waals surface area contributed by atoms with Crippen LogP contribution in [0.4, 0.5) is 17.6 Å². The maximum Gasteiger partial charge on any atom is 0.242 e. The molecular formula is C27H27F4N3. The van der Waals surface area contributed by atoms with Crippen LogP contribution in [-0.2, 0) is 18.3 Å². The van der Waals surface area contributed by atoms with E-state index >= 15 is 0 Å². The molecule has 34 heavy (non-hydrogen) atoms. The van der Waals surface area contributed by atoms with E-state index in [1.807, 2.05) is 25.1 Å². The zero-order chi connectivity index (χ0) is 24.9. The summed E-state index contributed by atoms with van der Waals surface area (Å²) in [7, 11) is 0. The van der Waals surface area contributed by atoms with Gasteiger partial charge in [-0.25, -0.2) is 17.6 Å². The van der Waals surface area contributed by atoms with Gasteiger partial charge in [-0.15, -0.1) is 0 Å². The molecule has 0 aromatic heterocycles. The first kappa shape index (κ1) is 23.9. The molecule has 0 aliphatic carbocycles. The summed E-state index contributed by atoms with van der Waals surface area (Å²) in [4.78, 5) is 0. The summed E-state index contributed by atoms with van der Waals surface area (Å²) >= 11 is 0. The lowest BCUT2D eigenvalue weighted by Crippen LogP contribution is -2.20. The van der Waals surface area contributed by atoms with Crippen LogP contribution in [0.2, 0.25) is 0 Å². The molecule has 0 bridgehead atoms. The van der Waals surface area contributed by atoms with Crippen LogP contribution in [0.5, 0.6) is 0 Å². The fourth-order valence-corrected chi connectivity index (χ4v) is 4.88. The van der Waals surface area contributed by atoms with Gasteiger partial charge in [0.05, 0.1) is 0 Å². The molecule has 3 aromatic rings. The Labute approximate surface area is 196 Å². The van der Waals surface area contributed by atoms with Gasteiger partial charge in [0, 0.05) is 29.5 Å². The molecule has 0 saturated carbocycles. The van der Waals surface area contributed by atoms with Crippen molar-refractivity contribution in [1.29, 1.82) is 10.8 Å². The summed E-state index contributed by atoms with van der Waals surface area (Å²) in [5.41, 5.74) is 4.64. The first-order valence-corrected chi connectivity index (χ1v) is 11.1. The molecule has 0 saturated heterocycles. The normalized spacial score (nSPS) is 13.8. The second-order valence-corrected chi connectivity index (χ2v) is 9.92. The number of nitrogens with one attached hydrogen (secondary N) is 3. The summed E-state index contributed by atoms with van der Waals surface area (Å²) in [5.74, 6) is 0.113. The molecule has 178 valence electrons. The highest BCUT2D eigenvalue weighted by atomic mass is 19.3. The predicted octanol–water partition coefficient (Wildman–Crippen LogP) is 6.98. The largest absolute Gasteiger partial charge is 0.325 e. The van der Waals surface area contributed by atoms with E-state index in [0.29, 0.717) is 22.3 Å². The smallest absolute Gasteiger partial charge is 0.242 e. The van der Waals surface area contributed by atoms with Gasteiger partial charge < -0.3 is 5.32 Å². The van der Waals surface area contributed by atoms with E-state index in [4.69, 9.17) is 10.8 Å². The van der Waals surface area contributed by atoms with E-state index in [2.05, 4.69) is 26.1 Å². The quantitative estimate of drug-likeness (QED) is 0.347. The number of hydrogen-bond donors (Lipinski definition) is 3. The van der Waals surface area contributed by atoms with E-state index in [1.165, 1.54) is 6.07 Å². The monoisotopic (exact) mass is 469 g/mol. The van der Waals surface area contributed by atoms with Gasteiger partial charge in [-0.2, -0.15) is 0 Å². The van der Waals surface area contributed by atoms with Gasteiger partial charge in [0.2, 0.25) is 12.9 Å². The van der Waals surface area contributed by atoms with E-state index in [0.717, 1.165) is 21.9 Å². The lowest BCUT2D eigenvalue weighted by Gasteiger charge is -2.24. The minimum absolute atomic E-state index is 0.0319. The number of hydrogen-bond acceptors (Lipinski definition) is 2. The van der Waals surface area contributed by atoms with E-state index in [9.17, 15) is 17.6 Å². The minimum Gasteiger partial charge on any atom is -0.325 e. The fourth-order valence-electron chi connectivity index (χ4n) is 4.88. The summed E-state index contributed by atoms with van der Waals surface area (Å²) in [6.07, 6.45) is -6.32. The summed E-state index contributed by atoms with van der Waals surface area (Å²) in [6.45, 7) is 8.30. The summed E-state index contributed by atoms with van der Waals surface area (Å²) in [6, 6.07) is 10.5. The lowest BCUT2D eigenvalue weighted by atomic mass is 9.80. The first-order valence-electron chi connectivity index (χ1n) is 11.1. The molecule has 0 amide bonds. The van der Waals surface area contributed by atoms with Crippen LogP contribution in [0, 0.1) is 17.7 Å². The highest BCUT2D eigenvalue weighted by molar-refractivity contribution is 6.29. The van der Waals surface area contributed by atoms with Crippen molar-refractivity contribution in [2.75, 3.05) is 0 Å². The second-order valence-electron chi connectivity index (χ2n) is 9.92. The molecule has 3 aromatic carbocycles. The van der Waals surface area contributed by atoms with Gasteiger partial charge in [0.15, 0.2) is 0 Å². The highest BCUT2D eigenvalue weighted by Crippen LogP contribution is 2.40. The van der Waals surface area contributed by atoms with E-state index < -0.39 is 25.7 Å². The number of alkyl halides is 4. The van der Waals surface area contributed by atoms with Crippen molar-refractivity contribution >= 4 is 22.4 Å². The third-order valence-electron chi connectivity index (χ3n) is 6.18. The number of aryl methyl sites for hydroxylation is 1. The SMILES string of the molecule is Cc1cc2cc3c(c(-c4cc(CC(F)F)cc(CC(F)F)c4)c2cc1C(C)(C)C)C(=N)NC3=N. The molecule has 1 heterocycles. The number of rotatable bonds is 5. The van der Waals surface area contributed by atoms with Gasteiger partial charge in [-0.1, -0.05) is 45.0 Å². The Morgan fingerprint density at radius 2 is 1.38 bits per heavy atom. The fraction of sp³-hybridized carbons (Fsp3) is 0.333. The molecule has 0 radical (unpaired) electrons. The van der Waals surface area contributed by atoms with Crippen molar-refractivity contribution in [1.82, 2.24) is 5.32 Å². The highest BCUT2D eigenvalue weighted by Gasteiger charge is 2.29. The van der Waals surface area contributed by atoms with Crippen molar-refractivity contribution in [3.05, 3.63) is 69.8 Å². The minimum atomic E-state index is -2.61. The van der Waals surface area contributed by atoms with Crippen molar-refractivity contribution < 1.29 is 17.6 Å². The molecule has 7 heteroatoms. The molecule has 3 N–H and O–H groups in total. The van der Waals surface area contributed by atoms with Crippen molar-refractivity contribution in [2.45, 2.75) is 58.8 Å². The lowest BCUT2D eigenvalue weighted by molar-refractivity contribution is 0.148. The Bertz CT molecular complexity index is 1290. The van der Waals surface area contributed by atoms with Crippen LogP contribution in [0.3, 0.4) is 0 Å². The van der Waals surface area contributed by atoms with Gasteiger partial charge in [0.1, 0.15) is 11.7 Å². The van der Waals surface area contributed by atoms with E-state index in [1.54, 1.807) is 12.1 Å². The Kier molecular flexibility index (Phi) is 6.00. The predicted molar refractivity (Wildman–Crippen MR) is 129 cm³/mol. The average Bonchev–Trinajstić information content (AvgIpc) is 2.97. The zero-order valence-corrected chi connectivity index (χ0v) is 19.5. The van der Waals surface area contributed by atoms with Crippen LogP contribution in [0.25, 0.3) is 21.9 Å².